The van der Waals surface area contributed by atoms with Crippen molar-refractivity contribution >= 4 is 17.8 Å². The van der Waals surface area contributed by atoms with Gasteiger partial charge in [0.2, 0.25) is 11.8 Å². The van der Waals surface area contributed by atoms with E-state index in [9.17, 15) is 18.8 Å². The summed E-state index contributed by atoms with van der Waals surface area (Å²) < 4.78 is 18.5. The van der Waals surface area contributed by atoms with E-state index in [1.54, 1.807) is 26.0 Å². The Morgan fingerprint density at radius 3 is 2.50 bits per heavy atom. The quantitative estimate of drug-likeness (QED) is 0.465. The van der Waals surface area contributed by atoms with Gasteiger partial charge in [-0.3, -0.25) is 9.59 Å². The second kappa shape index (κ2) is 11.5. The van der Waals surface area contributed by atoms with Crippen LogP contribution in [0.2, 0.25) is 0 Å². The van der Waals surface area contributed by atoms with Crippen molar-refractivity contribution < 1.29 is 23.5 Å². The molecule has 1 aliphatic rings. The minimum Gasteiger partial charge on any atom is -0.463 e. The fourth-order valence-electron chi connectivity index (χ4n) is 3.64. The number of allylic oxidation sites excluding steroid dienone is 1. The Bertz CT molecular complexity index is 789. The monoisotopic (exact) mass is 418 g/mol. The molecule has 1 heterocycles. The van der Waals surface area contributed by atoms with Crippen LogP contribution in [0.1, 0.15) is 64.4 Å². The largest absolute Gasteiger partial charge is 0.463 e. The second-order valence-electron chi connectivity index (χ2n) is 7.42. The van der Waals surface area contributed by atoms with Gasteiger partial charge in [-0.05, 0) is 38.0 Å². The summed E-state index contributed by atoms with van der Waals surface area (Å²) in [7, 11) is 0. The summed E-state index contributed by atoms with van der Waals surface area (Å²) in [4.78, 5) is 39.2. The molecule has 1 aromatic rings. The summed E-state index contributed by atoms with van der Waals surface area (Å²) in [5.74, 6) is -1.97. The molecule has 0 radical (unpaired) electrons. The Kier molecular flexibility index (Phi) is 9.02. The number of benzene rings is 1. The van der Waals surface area contributed by atoms with Gasteiger partial charge >= 0.3 is 5.97 Å². The lowest BCUT2D eigenvalue weighted by Gasteiger charge is -2.34. The molecule has 7 heteroatoms. The first kappa shape index (κ1) is 23.6. The third-order valence-electron chi connectivity index (χ3n) is 5.24. The molecule has 6 nitrogen and oxygen atoms in total. The lowest BCUT2D eigenvalue weighted by molar-refractivity contribution is -0.141. The molecule has 1 aromatic carbocycles. The number of hydrogen-bond donors (Lipinski definition) is 1. The van der Waals surface area contributed by atoms with Crippen molar-refractivity contribution in [1.82, 2.24) is 10.2 Å². The smallest absolute Gasteiger partial charge is 0.336 e. The van der Waals surface area contributed by atoms with Crippen molar-refractivity contribution in [3.8, 4) is 0 Å². The van der Waals surface area contributed by atoms with Crippen molar-refractivity contribution in [3.63, 3.8) is 0 Å². The van der Waals surface area contributed by atoms with Crippen LogP contribution in [-0.4, -0.2) is 42.4 Å². The highest BCUT2D eigenvalue weighted by atomic mass is 19.1. The number of nitrogens with zero attached hydrogens (tertiary/aromatic N) is 1. The van der Waals surface area contributed by atoms with E-state index < -0.39 is 17.7 Å². The fourth-order valence-corrected chi connectivity index (χ4v) is 3.64. The van der Waals surface area contributed by atoms with E-state index in [4.69, 9.17) is 4.74 Å². The van der Waals surface area contributed by atoms with Gasteiger partial charge in [0.25, 0.3) is 0 Å². The number of carbonyl (C=O) groups excluding carboxylic acids is 3. The maximum Gasteiger partial charge on any atom is 0.336 e. The highest BCUT2D eigenvalue weighted by Crippen LogP contribution is 2.37. The van der Waals surface area contributed by atoms with Gasteiger partial charge in [0, 0.05) is 24.6 Å². The third kappa shape index (κ3) is 6.15. The predicted molar refractivity (Wildman–Crippen MR) is 112 cm³/mol. The number of carbonyl (C=O) groups is 3. The average Bonchev–Trinajstić information content (AvgIpc) is 2.71. The zero-order valence-electron chi connectivity index (χ0n) is 18.0. The van der Waals surface area contributed by atoms with Crippen LogP contribution in [0.3, 0.4) is 0 Å². The molecule has 164 valence electrons. The predicted octanol–water partition coefficient (Wildman–Crippen LogP) is 3.68. The molecule has 0 fully saturated rings. The molecule has 1 N–H and O–H groups in total. The van der Waals surface area contributed by atoms with E-state index in [1.807, 2.05) is 0 Å². The maximum absolute atomic E-state index is 13.3. The van der Waals surface area contributed by atoms with E-state index in [0.717, 1.165) is 25.7 Å². The first-order valence-corrected chi connectivity index (χ1v) is 10.6. The van der Waals surface area contributed by atoms with Crippen LogP contribution in [-0.2, 0) is 19.1 Å². The van der Waals surface area contributed by atoms with Crippen LogP contribution in [0.5, 0.6) is 0 Å². The van der Waals surface area contributed by atoms with Crippen LogP contribution in [0, 0.1) is 5.82 Å². The summed E-state index contributed by atoms with van der Waals surface area (Å²) in [6.07, 6.45) is 4.19. The molecular formula is C23H31FN2O4. The highest BCUT2D eigenvalue weighted by Gasteiger charge is 2.37. The molecule has 0 aliphatic carbocycles. The Balaban J connectivity index is 2.21. The van der Waals surface area contributed by atoms with Gasteiger partial charge in [-0.15, -0.1) is 0 Å². The fraction of sp³-hybridized carbons (Fsp3) is 0.522. The van der Waals surface area contributed by atoms with Gasteiger partial charge in [0.1, 0.15) is 12.4 Å². The number of hydrogen-bond acceptors (Lipinski definition) is 4. The zero-order valence-corrected chi connectivity index (χ0v) is 18.0. The highest BCUT2D eigenvalue weighted by molar-refractivity contribution is 5.97. The topological polar surface area (TPSA) is 75.7 Å². The van der Waals surface area contributed by atoms with E-state index in [1.165, 1.54) is 17.0 Å². The number of unbranched alkanes of at least 4 members (excludes halogenated alkanes) is 3. The lowest BCUT2D eigenvalue weighted by atomic mass is 9.83. The van der Waals surface area contributed by atoms with E-state index in [2.05, 4.69) is 12.2 Å². The Morgan fingerprint density at radius 2 is 1.87 bits per heavy atom. The Morgan fingerprint density at radius 1 is 1.17 bits per heavy atom. The minimum absolute atomic E-state index is 0.0148. The van der Waals surface area contributed by atoms with E-state index in [-0.39, 0.29) is 31.4 Å². The number of esters is 1. The molecular weight excluding hydrogens is 387 g/mol. The van der Waals surface area contributed by atoms with Crippen LogP contribution in [0.25, 0.3) is 0 Å². The third-order valence-corrected chi connectivity index (χ3v) is 5.24. The van der Waals surface area contributed by atoms with Crippen molar-refractivity contribution in [3.05, 3.63) is 46.9 Å². The Labute approximate surface area is 177 Å². The number of nitrogens with one attached hydrogen (secondary N) is 1. The zero-order chi connectivity index (χ0) is 22.1. The van der Waals surface area contributed by atoms with Gasteiger partial charge in [0.05, 0.1) is 12.2 Å². The standard InChI is InChI=1S/C23H31FN2O4/c1-4-6-7-8-13-25-20(27)15-26-16(3)22(23(29)30-5-2)19(14-21(26)28)17-9-11-18(24)12-10-17/h9-12,19H,4-8,13-15H2,1-3H3,(H,25,27). The molecule has 0 bridgehead atoms. The molecule has 0 saturated carbocycles. The van der Waals surface area contributed by atoms with Gasteiger partial charge in [-0.25, -0.2) is 9.18 Å². The maximum atomic E-state index is 13.3. The summed E-state index contributed by atoms with van der Waals surface area (Å²) >= 11 is 0. The van der Waals surface area contributed by atoms with E-state index >= 15 is 0 Å². The van der Waals surface area contributed by atoms with E-state index in [0.29, 0.717) is 23.4 Å². The first-order chi connectivity index (χ1) is 14.4. The van der Waals surface area contributed by atoms with Gasteiger partial charge < -0.3 is 15.0 Å². The van der Waals surface area contributed by atoms with Gasteiger partial charge in [-0.1, -0.05) is 38.3 Å². The molecule has 2 rings (SSSR count). The molecule has 0 spiro atoms. The first-order valence-electron chi connectivity index (χ1n) is 10.6. The SMILES string of the molecule is CCCCCCNC(=O)CN1C(=O)CC(c2ccc(F)cc2)C(C(=O)OCC)=C1C. The molecule has 2 amide bonds. The second-order valence-corrected chi connectivity index (χ2v) is 7.42. The summed E-state index contributed by atoms with van der Waals surface area (Å²) in [5.41, 5.74) is 1.39. The molecule has 0 saturated heterocycles. The lowest BCUT2D eigenvalue weighted by Crippen LogP contribution is -2.44. The summed E-state index contributed by atoms with van der Waals surface area (Å²) in [6.45, 7) is 6.09. The number of rotatable bonds is 10. The summed E-state index contributed by atoms with van der Waals surface area (Å²) in [5, 5.41) is 2.84. The Hall–Kier alpha value is -2.70. The number of ether oxygens (including phenoxy) is 1. The van der Waals surface area contributed by atoms with Crippen molar-refractivity contribution in [2.75, 3.05) is 19.7 Å². The average molecular weight is 419 g/mol. The van der Waals surface area contributed by atoms with Crippen molar-refractivity contribution in [2.45, 2.75) is 58.8 Å². The number of halogens is 1. The van der Waals surface area contributed by atoms with Crippen LogP contribution in [0.15, 0.2) is 35.5 Å². The van der Waals surface area contributed by atoms with Crippen LogP contribution in [0.4, 0.5) is 4.39 Å². The molecule has 1 unspecified atom stereocenters. The molecule has 1 aliphatic heterocycles. The minimum atomic E-state index is -0.537. The number of amides is 2. The van der Waals surface area contributed by atoms with Gasteiger partial charge in [-0.2, -0.15) is 0 Å². The van der Waals surface area contributed by atoms with Crippen molar-refractivity contribution in [2.24, 2.45) is 0 Å². The van der Waals surface area contributed by atoms with Gasteiger partial charge in [0.15, 0.2) is 0 Å². The van der Waals surface area contributed by atoms with Crippen molar-refractivity contribution in [1.29, 1.82) is 0 Å². The normalized spacial score (nSPS) is 16.6. The molecule has 30 heavy (non-hydrogen) atoms. The van der Waals surface area contributed by atoms with Crippen LogP contribution < -0.4 is 5.32 Å². The molecule has 0 aromatic heterocycles. The van der Waals surface area contributed by atoms with Crippen LogP contribution >= 0.6 is 0 Å². The molecule has 1 atom stereocenters. The summed E-state index contributed by atoms with van der Waals surface area (Å²) in [6, 6.07) is 5.74.